The Morgan fingerprint density at radius 3 is 2.02 bits per heavy atom. The fraction of sp³-hybridized carbons (Fsp3) is 0. The Morgan fingerprint density at radius 2 is 1.30 bits per heavy atom. The molecule has 0 spiro atoms. The van der Waals surface area contributed by atoms with Crippen LogP contribution < -0.4 is 20.7 Å². The Labute approximate surface area is 231 Å². The van der Waals surface area contributed by atoms with E-state index in [4.69, 9.17) is 9.72 Å². The molecule has 0 saturated heterocycles. The van der Waals surface area contributed by atoms with Crippen molar-refractivity contribution in [2.75, 3.05) is 0 Å². The van der Waals surface area contributed by atoms with Gasteiger partial charge in [-0.2, -0.15) is 0 Å². The molecule has 5 heteroatoms. The Kier molecular flexibility index (Phi) is 5.07. The molecule has 5 aromatic carbocycles. The van der Waals surface area contributed by atoms with Gasteiger partial charge in [-0.15, -0.1) is 0 Å². The maximum Gasteiger partial charge on any atom is 0.172 e. The highest BCUT2D eigenvalue weighted by molar-refractivity contribution is 7.85. The molecule has 3 heterocycles. The number of nitrogens with zero attached hydrogens (tertiary/aromatic N) is 2. The van der Waals surface area contributed by atoms with Gasteiger partial charge in [0.2, 0.25) is 0 Å². The van der Waals surface area contributed by atoms with Crippen molar-refractivity contribution >= 4 is 44.9 Å². The van der Waals surface area contributed by atoms with E-state index in [9.17, 15) is 4.57 Å². The minimum atomic E-state index is -3.07. The van der Waals surface area contributed by atoms with Crippen LogP contribution in [-0.2, 0) is 4.57 Å². The van der Waals surface area contributed by atoms with Crippen molar-refractivity contribution in [3.05, 3.63) is 140 Å². The van der Waals surface area contributed by atoms with E-state index in [2.05, 4.69) is 47.0 Å². The Morgan fingerprint density at radius 1 is 0.600 bits per heavy atom. The van der Waals surface area contributed by atoms with E-state index in [1.807, 2.05) is 91.0 Å². The Hall–Kier alpha value is -4.92. The van der Waals surface area contributed by atoms with E-state index in [0.29, 0.717) is 5.30 Å². The SMILES string of the molecule is O=P(c1ccccc1)(c1ccccc1)c1ccc(-c2ccc3c(c2)Oc2cccc4c5ccccc5n-3c24)nc1. The number of aromatic nitrogens is 2. The third-order valence-electron chi connectivity index (χ3n) is 7.73. The molecular weight excluding hydrogens is 511 g/mol. The predicted molar refractivity (Wildman–Crippen MR) is 163 cm³/mol. The van der Waals surface area contributed by atoms with Crippen molar-refractivity contribution in [2.45, 2.75) is 0 Å². The Balaban J connectivity index is 1.23. The molecule has 0 saturated carbocycles. The van der Waals surface area contributed by atoms with E-state index >= 15 is 0 Å². The van der Waals surface area contributed by atoms with E-state index in [1.165, 1.54) is 10.8 Å². The van der Waals surface area contributed by atoms with Crippen LogP contribution in [0.3, 0.4) is 0 Å². The molecule has 2 aromatic heterocycles. The molecule has 1 aliphatic rings. The molecule has 40 heavy (non-hydrogen) atoms. The van der Waals surface area contributed by atoms with E-state index in [0.717, 1.165) is 50.1 Å². The zero-order valence-electron chi connectivity index (χ0n) is 21.4. The summed E-state index contributed by atoms with van der Waals surface area (Å²) in [5.74, 6) is 1.62. The quantitative estimate of drug-likeness (QED) is 0.219. The van der Waals surface area contributed by atoms with Gasteiger partial charge in [0.1, 0.15) is 0 Å². The summed E-state index contributed by atoms with van der Waals surface area (Å²) in [5.41, 5.74) is 4.98. The highest BCUT2D eigenvalue weighted by Crippen LogP contribution is 2.46. The van der Waals surface area contributed by atoms with Crippen molar-refractivity contribution in [2.24, 2.45) is 0 Å². The molecule has 0 atom stereocenters. The number of para-hydroxylation sites is 2. The van der Waals surface area contributed by atoms with Crippen LogP contribution in [-0.4, -0.2) is 9.55 Å². The number of ether oxygens (including phenoxy) is 1. The fourth-order valence-electron chi connectivity index (χ4n) is 5.84. The predicted octanol–water partition coefficient (Wildman–Crippen LogP) is 7.59. The van der Waals surface area contributed by atoms with Gasteiger partial charge in [0.15, 0.2) is 18.6 Å². The molecule has 0 amide bonds. The molecule has 0 aliphatic carbocycles. The summed E-state index contributed by atoms with van der Waals surface area (Å²) in [7, 11) is -3.07. The lowest BCUT2D eigenvalue weighted by Gasteiger charge is -2.22. The zero-order chi connectivity index (χ0) is 26.7. The largest absolute Gasteiger partial charge is 0.453 e. The summed E-state index contributed by atoms with van der Waals surface area (Å²) in [5, 5.41) is 4.68. The number of fused-ring (bicyclic) bond motifs is 5. The first-order valence-corrected chi connectivity index (χ1v) is 15.0. The van der Waals surface area contributed by atoms with Gasteiger partial charge >= 0.3 is 0 Å². The first-order valence-electron chi connectivity index (χ1n) is 13.2. The first kappa shape index (κ1) is 23.0. The maximum absolute atomic E-state index is 14.7. The summed E-state index contributed by atoms with van der Waals surface area (Å²) in [6, 6.07) is 44.1. The number of rotatable bonds is 4. The van der Waals surface area contributed by atoms with E-state index in [1.54, 1.807) is 6.20 Å². The molecule has 8 rings (SSSR count). The highest BCUT2D eigenvalue weighted by Gasteiger charge is 2.30. The van der Waals surface area contributed by atoms with Crippen LogP contribution in [0.25, 0.3) is 38.8 Å². The minimum Gasteiger partial charge on any atom is -0.453 e. The van der Waals surface area contributed by atoms with Crippen LogP contribution in [0.2, 0.25) is 0 Å². The minimum absolute atomic E-state index is 0.706. The van der Waals surface area contributed by atoms with Gasteiger partial charge in [-0.05, 0) is 36.4 Å². The molecular formula is C35H23N2O2P. The van der Waals surface area contributed by atoms with Crippen LogP contribution >= 0.6 is 7.14 Å². The van der Waals surface area contributed by atoms with Crippen LogP contribution in [0.5, 0.6) is 11.5 Å². The van der Waals surface area contributed by atoms with E-state index < -0.39 is 7.14 Å². The molecule has 7 aromatic rings. The van der Waals surface area contributed by atoms with Crippen LogP contribution in [0.4, 0.5) is 0 Å². The third kappa shape index (κ3) is 3.33. The van der Waals surface area contributed by atoms with Gasteiger partial charge in [0.05, 0.1) is 22.4 Å². The summed E-state index contributed by atoms with van der Waals surface area (Å²) >= 11 is 0. The normalized spacial score (nSPS) is 12.3. The summed E-state index contributed by atoms with van der Waals surface area (Å²) in [6.07, 6.45) is 1.76. The lowest BCUT2D eigenvalue weighted by Crippen LogP contribution is -2.25. The van der Waals surface area contributed by atoms with Gasteiger partial charge < -0.3 is 13.9 Å². The second-order valence-electron chi connectivity index (χ2n) is 9.97. The molecule has 0 radical (unpaired) electrons. The van der Waals surface area contributed by atoms with Crippen molar-refractivity contribution in [3.8, 4) is 28.4 Å². The number of benzene rings is 5. The standard InChI is InChI=1S/C35H23N2O2P/c38-40(25-10-3-1-4-11-25,26-12-5-2-6-13-26)27-19-20-30(36-23-27)24-18-21-32-34(22-24)39-33-17-9-15-29-28-14-7-8-16-31(28)37(32)35(29)33/h1-23H. The molecule has 190 valence electrons. The average molecular weight is 535 g/mol. The fourth-order valence-corrected chi connectivity index (χ4v) is 8.43. The lowest BCUT2D eigenvalue weighted by molar-refractivity contribution is 0.476. The van der Waals surface area contributed by atoms with Gasteiger partial charge in [-0.25, -0.2) is 0 Å². The molecule has 0 fully saturated rings. The molecule has 0 bridgehead atoms. The zero-order valence-corrected chi connectivity index (χ0v) is 22.3. The lowest BCUT2D eigenvalue weighted by atomic mass is 10.1. The maximum atomic E-state index is 14.7. The number of hydrogen-bond acceptors (Lipinski definition) is 3. The van der Waals surface area contributed by atoms with E-state index in [-0.39, 0.29) is 0 Å². The monoisotopic (exact) mass is 534 g/mol. The van der Waals surface area contributed by atoms with Crippen molar-refractivity contribution in [3.63, 3.8) is 0 Å². The summed E-state index contributed by atoms with van der Waals surface area (Å²) in [6.45, 7) is 0. The number of hydrogen-bond donors (Lipinski definition) is 0. The second-order valence-corrected chi connectivity index (χ2v) is 12.7. The summed E-state index contributed by atoms with van der Waals surface area (Å²) < 4.78 is 23.4. The molecule has 4 nitrogen and oxygen atoms in total. The first-order chi connectivity index (χ1) is 19.7. The van der Waals surface area contributed by atoms with Gasteiger partial charge in [-0.3, -0.25) is 4.98 Å². The second kappa shape index (κ2) is 8.81. The molecule has 0 unspecified atom stereocenters. The van der Waals surface area contributed by atoms with Gasteiger partial charge in [0.25, 0.3) is 0 Å². The van der Waals surface area contributed by atoms with Crippen molar-refractivity contribution in [1.29, 1.82) is 0 Å². The topological polar surface area (TPSA) is 44.1 Å². The smallest absolute Gasteiger partial charge is 0.172 e. The summed E-state index contributed by atoms with van der Waals surface area (Å²) in [4.78, 5) is 4.80. The van der Waals surface area contributed by atoms with Crippen LogP contribution in [0, 0.1) is 0 Å². The van der Waals surface area contributed by atoms with Gasteiger partial charge in [0, 0.05) is 38.4 Å². The van der Waals surface area contributed by atoms with Crippen molar-refractivity contribution in [1.82, 2.24) is 9.55 Å². The average Bonchev–Trinajstić information content (AvgIpc) is 3.37. The Bertz CT molecular complexity index is 2060. The van der Waals surface area contributed by atoms with Crippen LogP contribution in [0.15, 0.2) is 140 Å². The third-order valence-corrected chi connectivity index (χ3v) is 10.8. The van der Waals surface area contributed by atoms with Crippen LogP contribution in [0.1, 0.15) is 0 Å². The van der Waals surface area contributed by atoms with Gasteiger partial charge in [-0.1, -0.05) is 97.1 Å². The molecule has 1 aliphatic heterocycles. The molecule has 0 N–H and O–H groups in total. The highest BCUT2D eigenvalue weighted by atomic mass is 31.2. The number of pyridine rings is 1. The van der Waals surface area contributed by atoms with Crippen molar-refractivity contribution < 1.29 is 9.30 Å².